The molecular formula is C21H22N2O3. The van der Waals surface area contributed by atoms with E-state index in [2.05, 4.69) is 4.99 Å². The molecule has 3 rings (SSSR count). The quantitative estimate of drug-likeness (QED) is 0.746. The van der Waals surface area contributed by atoms with E-state index in [1.165, 1.54) is 0 Å². The van der Waals surface area contributed by atoms with Gasteiger partial charge in [-0.15, -0.1) is 0 Å². The standard InChI is InChI=1S/C21H22N2O3/c1-4-25-18-12-11-15(14-19(18)26-5-2)13-17-21(24)23(3)20(22-17)16-9-7-6-8-10-16/h6-14H,4-5H2,1-3H3. The number of carbonyl (C=O) groups is 1. The van der Waals surface area contributed by atoms with Crippen molar-refractivity contribution in [3.05, 3.63) is 65.4 Å². The van der Waals surface area contributed by atoms with Crippen molar-refractivity contribution in [2.75, 3.05) is 20.3 Å². The predicted molar refractivity (Wildman–Crippen MR) is 103 cm³/mol. The van der Waals surface area contributed by atoms with Gasteiger partial charge in [-0.25, -0.2) is 4.99 Å². The van der Waals surface area contributed by atoms with Crippen molar-refractivity contribution >= 4 is 17.8 Å². The summed E-state index contributed by atoms with van der Waals surface area (Å²) in [5.74, 6) is 1.88. The van der Waals surface area contributed by atoms with Gasteiger partial charge in [0.1, 0.15) is 11.5 Å². The van der Waals surface area contributed by atoms with E-state index < -0.39 is 0 Å². The molecule has 0 aliphatic carbocycles. The molecule has 2 aromatic carbocycles. The molecule has 0 saturated carbocycles. The minimum atomic E-state index is -0.129. The zero-order valence-electron chi connectivity index (χ0n) is 15.2. The number of aliphatic imine (C=N–C) groups is 1. The SMILES string of the molecule is CCOc1ccc(C=C2N=C(c3ccccc3)N(C)C2=O)cc1OCC. The summed E-state index contributed by atoms with van der Waals surface area (Å²) in [6, 6.07) is 15.3. The van der Waals surface area contributed by atoms with Crippen LogP contribution >= 0.6 is 0 Å². The number of hydrogen-bond acceptors (Lipinski definition) is 4. The summed E-state index contributed by atoms with van der Waals surface area (Å²) in [5.41, 5.74) is 2.15. The fourth-order valence-electron chi connectivity index (χ4n) is 2.76. The molecule has 1 heterocycles. The molecule has 1 amide bonds. The van der Waals surface area contributed by atoms with E-state index in [9.17, 15) is 4.79 Å². The van der Waals surface area contributed by atoms with Crippen molar-refractivity contribution in [2.45, 2.75) is 13.8 Å². The second-order valence-corrected chi connectivity index (χ2v) is 5.77. The molecule has 0 N–H and O–H groups in total. The number of likely N-dealkylation sites (N-methyl/N-ethyl adjacent to an activating group) is 1. The van der Waals surface area contributed by atoms with Crippen molar-refractivity contribution in [1.29, 1.82) is 0 Å². The summed E-state index contributed by atoms with van der Waals surface area (Å²) in [6.45, 7) is 4.96. The van der Waals surface area contributed by atoms with Crippen LogP contribution in [0, 0.1) is 0 Å². The summed E-state index contributed by atoms with van der Waals surface area (Å²) in [4.78, 5) is 18.7. The first-order valence-electron chi connectivity index (χ1n) is 8.67. The van der Waals surface area contributed by atoms with E-state index in [-0.39, 0.29) is 5.91 Å². The second-order valence-electron chi connectivity index (χ2n) is 5.77. The average molecular weight is 350 g/mol. The molecule has 134 valence electrons. The maximum Gasteiger partial charge on any atom is 0.277 e. The molecule has 0 aromatic heterocycles. The maximum atomic E-state index is 12.6. The van der Waals surface area contributed by atoms with Gasteiger partial charge in [-0.3, -0.25) is 9.69 Å². The number of ether oxygens (including phenoxy) is 2. The van der Waals surface area contributed by atoms with Crippen LogP contribution in [0.5, 0.6) is 11.5 Å². The molecule has 5 nitrogen and oxygen atoms in total. The topological polar surface area (TPSA) is 51.1 Å². The Bertz CT molecular complexity index is 857. The van der Waals surface area contributed by atoms with Crippen LogP contribution in [0.4, 0.5) is 0 Å². The summed E-state index contributed by atoms with van der Waals surface area (Å²) in [5, 5.41) is 0. The van der Waals surface area contributed by atoms with Crippen LogP contribution in [0.3, 0.4) is 0 Å². The predicted octanol–water partition coefficient (Wildman–Crippen LogP) is 3.74. The van der Waals surface area contributed by atoms with E-state index >= 15 is 0 Å². The molecule has 0 atom stereocenters. The molecule has 0 fully saturated rings. The zero-order valence-corrected chi connectivity index (χ0v) is 15.2. The number of nitrogens with zero attached hydrogens (tertiary/aromatic N) is 2. The monoisotopic (exact) mass is 350 g/mol. The lowest BCUT2D eigenvalue weighted by atomic mass is 10.1. The first-order valence-corrected chi connectivity index (χ1v) is 8.67. The smallest absolute Gasteiger partial charge is 0.277 e. The molecule has 1 aliphatic rings. The van der Waals surface area contributed by atoms with Gasteiger partial charge in [0, 0.05) is 12.6 Å². The highest BCUT2D eigenvalue weighted by molar-refractivity contribution is 6.19. The van der Waals surface area contributed by atoms with E-state index in [1.54, 1.807) is 18.0 Å². The van der Waals surface area contributed by atoms with Crippen molar-refractivity contribution in [3.63, 3.8) is 0 Å². The van der Waals surface area contributed by atoms with Crippen molar-refractivity contribution in [2.24, 2.45) is 4.99 Å². The number of hydrogen-bond donors (Lipinski definition) is 0. The first kappa shape index (κ1) is 17.7. The zero-order chi connectivity index (χ0) is 18.5. The Balaban J connectivity index is 1.95. The van der Waals surface area contributed by atoms with Crippen LogP contribution in [0.15, 0.2) is 59.2 Å². The summed E-state index contributed by atoms with van der Waals surface area (Å²) in [6.07, 6.45) is 1.77. The molecule has 2 aromatic rings. The Morgan fingerprint density at radius 3 is 2.38 bits per heavy atom. The number of rotatable bonds is 6. The Hall–Kier alpha value is -3.08. The van der Waals surface area contributed by atoms with E-state index in [4.69, 9.17) is 9.47 Å². The molecule has 0 saturated heterocycles. The van der Waals surface area contributed by atoms with Gasteiger partial charge in [-0.1, -0.05) is 36.4 Å². The molecule has 0 unspecified atom stereocenters. The Labute approximate surface area is 153 Å². The highest BCUT2D eigenvalue weighted by atomic mass is 16.5. The van der Waals surface area contributed by atoms with Gasteiger partial charge < -0.3 is 9.47 Å². The fourth-order valence-corrected chi connectivity index (χ4v) is 2.76. The van der Waals surface area contributed by atoms with Crippen molar-refractivity contribution in [3.8, 4) is 11.5 Å². The van der Waals surface area contributed by atoms with Crippen LogP contribution in [0.1, 0.15) is 25.0 Å². The summed E-state index contributed by atoms with van der Waals surface area (Å²) >= 11 is 0. The van der Waals surface area contributed by atoms with E-state index in [1.807, 2.05) is 62.4 Å². The Morgan fingerprint density at radius 1 is 1.00 bits per heavy atom. The van der Waals surface area contributed by atoms with Crippen LogP contribution in [0.2, 0.25) is 0 Å². The van der Waals surface area contributed by atoms with Crippen molar-refractivity contribution < 1.29 is 14.3 Å². The minimum Gasteiger partial charge on any atom is -0.490 e. The third-order valence-electron chi connectivity index (χ3n) is 3.97. The summed E-state index contributed by atoms with van der Waals surface area (Å²) in [7, 11) is 1.73. The van der Waals surface area contributed by atoms with Crippen molar-refractivity contribution in [1.82, 2.24) is 4.90 Å². The van der Waals surface area contributed by atoms with Gasteiger partial charge in [0.15, 0.2) is 11.5 Å². The summed E-state index contributed by atoms with van der Waals surface area (Å²) < 4.78 is 11.2. The number of amidine groups is 1. The highest BCUT2D eigenvalue weighted by Gasteiger charge is 2.27. The van der Waals surface area contributed by atoms with Gasteiger partial charge in [0.2, 0.25) is 0 Å². The average Bonchev–Trinajstić information content (AvgIpc) is 2.93. The number of amides is 1. The molecule has 5 heteroatoms. The van der Waals surface area contributed by atoms with Crippen LogP contribution in [-0.2, 0) is 4.79 Å². The Kier molecular flexibility index (Phi) is 5.37. The molecule has 26 heavy (non-hydrogen) atoms. The van der Waals surface area contributed by atoms with Crippen LogP contribution in [0.25, 0.3) is 6.08 Å². The van der Waals surface area contributed by atoms with Gasteiger partial charge in [0.25, 0.3) is 5.91 Å². The first-order chi connectivity index (χ1) is 12.6. The largest absolute Gasteiger partial charge is 0.490 e. The minimum absolute atomic E-state index is 0.129. The van der Waals surface area contributed by atoms with Crippen LogP contribution in [-0.4, -0.2) is 36.9 Å². The highest BCUT2D eigenvalue weighted by Crippen LogP contribution is 2.30. The van der Waals surface area contributed by atoms with E-state index in [0.717, 1.165) is 11.1 Å². The van der Waals surface area contributed by atoms with Gasteiger partial charge in [-0.05, 0) is 37.6 Å². The molecular weight excluding hydrogens is 328 g/mol. The molecule has 0 spiro atoms. The lowest BCUT2D eigenvalue weighted by Gasteiger charge is -2.12. The molecule has 0 bridgehead atoms. The fraction of sp³-hybridized carbons (Fsp3) is 0.238. The third-order valence-corrected chi connectivity index (χ3v) is 3.97. The lowest BCUT2D eigenvalue weighted by molar-refractivity contribution is -0.121. The van der Waals surface area contributed by atoms with Crippen LogP contribution < -0.4 is 9.47 Å². The second kappa shape index (κ2) is 7.87. The lowest BCUT2D eigenvalue weighted by Crippen LogP contribution is -2.28. The maximum absolute atomic E-state index is 12.6. The Morgan fingerprint density at radius 2 is 1.69 bits per heavy atom. The van der Waals surface area contributed by atoms with E-state index in [0.29, 0.717) is 36.2 Å². The van der Waals surface area contributed by atoms with Gasteiger partial charge >= 0.3 is 0 Å². The number of benzene rings is 2. The van der Waals surface area contributed by atoms with Gasteiger partial charge in [0.05, 0.1) is 13.2 Å². The number of carbonyl (C=O) groups excluding carboxylic acids is 1. The molecule has 0 radical (unpaired) electrons. The normalized spacial score (nSPS) is 15.3. The third kappa shape index (κ3) is 3.61. The molecule has 1 aliphatic heterocycles. The van der Waals surface area contributed by atoms with Gasteiger partial charge in [-0.2, -0.15) is 0 Å².